The molecule has 138 valence electrons. The number of hydrogen-bond donors (Lipinski definition) is 0. The molecule has 0 bridgehead atoms. The molecule has 0 spiro atoms. The van der Waals surface area contributed by atoms with Gasteiger partial charge >= 0.3 is 5.97 Å². The zero-order chi connectivity index (χ0) is 18.9. The van der Waals surface area contributed by atoms with Gasteiger partial charge in [-0.05, 0) is 62.6 Å². The third-order valence-electron chi connectivity index (χ3n) is 4.03. The van der Waals surface area contributed by atoms with Crippen LogP contribution in [0.25, 0.3) is 0 Å². The summed E-state index contributed by atoms with van der Waals surface area (Å²) in [5.74, 6) is 0.668. The van der Waals surface area contributed by atoms with Crippen molar-refractivity contribution in [1.29, 1.82) is 0 Å². The summed E-state index contributed by atoms with van der Waals surface area (Å²) in [5.41, 5.74) is 3.18. The lowest BCUT2D eigenvalue weighted by Crippen LogP contribution is -2.14. The summed E-state index contributed by atoms with van der Waals surface area (Å²) >= 11 is 0. The Hall–Kier alpha value is -2.62. The van der Waals surface area contributed by atoms with Crippen LogP contribution in [0.15, 0.2) is 47.5 Å². The first kappa shape index (κ1) is 19.7. The van der Waals surface area contributed by atoms with Crippen LogP contribution >= 0.6 is 0 Å². The van der Waals surface area contributed by atoms with E-state index in [0.717, 1.165) is 29.7 Å². The summed E-state index contributed by atoms with van der Waals surface area (Å²) in [4.78, 5) is 17.2. The number of carbonyl (C=O) groups excluding carboxylic acids is 1. The van der Waals surface area contributed by atoms with Gasteiger partial charge in [0.2, 0.25) is 0 Å². The molecular weight excluding hydrogens is 326 g/mol. The maximum atomic E-state index is 12.8. The van der Waals surface area contributed by atoms with Crippen molar-refractivity contribution in [2.45, 2.75) is 40.5 Å². The van der Waals surface area contributed by atoms with Gasteiger partial charge in [-0.25, -0.2) is 4.79 Å². The van der Waals surface area contributed by atoms with Crippen molar-refractivity contribution in [3.63, 3.8) is 0 Å². The van der Waals surface area contributed by atoms with Crippen molar-refractivity contribution < 1.29 is 14.3 Å². The van der Waals surface area contributed by atoms with Crippen molar-refractivity contribution in [3.8, 4) is 11.5 Å². The van der Waals surface area contributed by atoms with E-state index in [-0.39, 0.29) is 0 Å². The second kappa shape index (κ2) is 9.76. The minimum Gasteiger partial charge on any atom is -0.493 e. The fourth-order valence-electron chi connectivity index (χ4n) is 2.64. The molecule has 26 heavy (non-hydrogen) atoms. The van der Waals surface area contributed by atoms with E-state index >= 15 is 0 Å². The number of benzene rings is 2. The lowest BCUT2D eigenvalue weighted by molar-refractivity contribution is 0.0729. The van der Waals surface area contributed by atoms with Gasteiger partial charge in [0.1, 0.15) is 17.1 Å². The van der Waals surface area contributed by atoms with E-state index in [9.17, 15) is 4.79 Å². The van der Waals surface area contributed by atoms with Crippen LogP contribution in [0.2, 0.25) is 0 Å². The van der Waals surface area contributed by atoms with Gasteiger partial charge in [0, 0.05) is 12.3 Å². The van der Waals surface area contributed by atoms with Crippen LogP contribution in [0.4, 0.5) is 0 Å². The first-order valence-corrected chi connectivity index (χ1v) is 9.12. The summed E-state index contributed by atoms with van der Waals surface area (Å²) in [7, 11) is 0. The topological polar surface area (TPSA) is 47.9 Å². The highest BCUT2D eigenvalue weighted by Crippen LogP contribution is 2.27. The second-order valence-corrected chi connectivity index (χ2v) is 6.13. The number of esters is 1. The Kier molecular flexibility index (Phi) is 7.39. The van der Waals surface area contributed by atoms with Crippen molar-refractivity contribution in [2.24, 2.45) is 4.99 Å². The van der Waals surface area contributed by atoms with Gasteiger partial charge in [0.25, 0.3) is 0 Å². The van der Waals surface area contributed by atoms with E-state index in [1.807, 2.05) is 51.1 Å². The number of ether oxygens (including phenoxy) is 2. The highest BCUT2D eigenvalue weighted by atomic mass is 16.5. The van der Waals surface area contributed by atoms with Crippen molar-refractivity contribution in [3.05, 3.63) is 59.2 Å². The van der Waals surface area contributed by atoms with E-state index in [0.29, 0.717) is 30.2 Å². The van der Waals surface area contributed by atoms with Crippen LogP contribution in [0, 0.1) is 6.92 Å². The number of nitrogens with zero attached hydrogens (tertiary/aromatic N) is 1. The molecule has 2 rings (SSSR count). The Bertz CT molecular complexity index is 766. The molecule has 0 aliphatic heterocycles. The number of carbonyl (C=O) groups is 1. The van der Waals surface area contributed by atoms with Gasteiger partial charge in [0.15, 0.2) is 0 Å². The quantitative estimate of drug-likeness (QED) is 0.283. The number of hydrogen-bond acceptors (Lipinski definition) is 4. The summed E-state index contributed by atoms with van der Waals surface area (Å²) in [5, 5.41) is 0. The number of aryl methyl sites for hydroxylation is 1. The molecule has 0 unspecified atom stereocenters. The van der Waals surface area contributed by atoms with Gasteiger partial charge in [-0.1, -0.05) is 31.5 Å². The van der Waals surface area contributed by atoms with E-state index in [2.05, 4.69) is 11.9 Å². The first-order valence-electron chi connectivity index (χ1n) is 9.12. The van der Waals surface area contributed by atoms with E-state index < -0.39 is 5.97 Å². The maximum absolute atomic E-state index is 12.8. The number of unbranched alkanes of at least 4 members (excludes halogenated alkanes) is 1. The predicted octanol–water partition coefficient (Wildman–Crippen LogP) is 5.22. The third kappa shape index (κ3) is 5.19. The average molecular weight is 353 g/mol. The summed E-state index contributed by atoms with van der Waals surface area (Å²) < 4.78 is 11.5. The third-order valence-corrected chi connectivity index (χ3v) is 4.03. The molecule has 0 N–H and O–H groups in total. The monoisotopic (exact) mass is 353 g/mol. The van der Waals surface area contributed by atoms with Gasteiger partial charge < -0.3 is 9.47 Å². The molecule has 0 saturated carbocycles. The normalized spacial score (nSPS) is 11.3. The lowest BCUT2D eigenvalue weighted by atomic mass is 10.0. The Morgan fingerprint density at radius 1 is 1.12 bits per heavy atom. The minimum absolute atomic E-state index is 0.406. The largest absolute Gasteiger partial charge is 0.493 e. The maximum Gasteiger partial charge on any atom is 0.347 e. The summed E-state index contributed by atoms with van der Waals surface area (Å²) in [6.07, 6.45) is 1.96. The van der Waals surface area contributed by atoms with Crippen LogP contribution in [0.5, 0.6) is 11.5 Å². The molecule has 4 nitrogen and oxygen atoms in total. The number of para-hydroxylation sites is 1. The Morgan fingerprint density at radius 3 is 2.50 bits per heavy atom. The van der Waals surface area contributed by atoms with E-state index in [4.69, 9.17) is 9.47 Å². The van der Waals surface area contributed by atoms with Gasteiger partial charge in [0.05, 0.1) is 6.61 Å². The molecule has 0 aliphatic rings. The molecule has 4 heteroatoms. The standard InChI is InChI=1S/C22H27NO3/c1-5-7-13-25-20-15-18(17(4)23-6-2)14-16(3)21(20)22(24)26-19-11-9-8-10-12-19/h8-12,14-15H,5-7,13H2,1-4H3. The van der Waals surface area contributed by atoms with E-state index in [1.165, 1.54) is 0 Å². The first-order chi connectivity index (χ1) is 12.6. The fraction of sp³-hybridized carbons (Fsp3) is 0.364. The highest BCUT2D eigenvalue weighted by Gasteiger charge is 2.20. The highest BCUT2D eigenvalue weighted by molar-refractivity contribution is 6.02. The van der Waals surface area contributed by atoms with Crippen LogP contribution in [0.3, 0.4) is 0 Å². The van der Waals surface area contributed by atoms with Gasteiger partial charge in [-0.2, -0.15) is 0 Å². The van der Waals surface area contributed by atoms with E-state index in [1.54, 1.807) is 12.1 Å². The molecule has 0 saturated heterocycles. The zero-order valence-electron chi connectivity index (χ0n) is 16.0. The Morgan fingerprint density at radius 2 is 1.85 bits per heavy atom. The molecule has 2 aromatic carbocycles. The molecule has 0 radical (unpaired) electrons. The SMILES string of the molecule is CCCCOc1cc(C(C)=NCC)cc(C)c1C(=O)Oc1ccccc1. The van der Waals surface area contributed by atoms with Crippen LogP contribution in [0.1, 0.15) is 55.1 Å². The average Bonchev–Trinajstić information content (AvgIpc) is 2.62. The minimum atomic E-state index is -0.406. The van der Waals surface area contributed by atoms with Crippen LogP contribution in [-0.2, 0) is 0 Å². The molecular formula is C22H27NO3. The Balaban J connectivity index is 2.38. The molecule has 0 atom stereocenters. The number of rotatable bonds is 8. The molecule has 2 aromatic rings. The summed E-state index contributed by atoms with van der Waals surface area (Å²) in [6, 6.07) is 12.9. The van der Waals surface area contributed by atoms with Crippen LogP contribution in [-0.4, -0.2) is 24.8 Å². The van der Waals surface area contributed by atoms with Gasteiger partial charge in [-0.15, -0.1) is 0 Å². The van der Waals surface area contributed by atoms with Crippen molar-refractivity contribution in [1.82, 2.24) is 0 Å². The number of aliphatic imine (C=N–C) groups is 1. The molecule has 0 aliphatic carbocycles. The lowest BCUT2D eigenvalue weighted by Gasteiger charge is -2.15. The smallest absolute Gasteiger partial charge is 0.347 e. The van der Waals surface area contributed by atoms with Crippen molar-refractivity contribution in [2.75, 3.05) is 13.2 Å². The molecule has 0 amide bonds. The molecule has 0 aromatic heterocycles. The van der Waals surface area contributed by atoms with Gasteiger partial charge in [-0.3, -0.25) is 4.99 Å². The predicted molar refractivity (Wildman–Crippen MR) is 106 cm³/mol. The zero-order valence-corrected chi connectivity index (χ0v) is 16.0. The fourth-order valence-corrected chi connectivity index (χ4v) is 2.64. The molecule has 0 heterocycles. The Labute approximate surface area is 155 Å². The van der Waals surface area contributed by atoms with Crippen molar-refractivity contribution >= 4 is 11.7 Å². The molecule has 0 fully saturated rings. The summed E-state index contributed by atoms with van der Waals surface area (Å²) in [6.45, 7) is 9.25. The van der Waals surface area contributed by atoms with Crippen LogP contribution < -0.4 is 9.47 Å². The second-order valence-electron chi connectivity index (χ2n) is 6.13.